The molecule has 0 aromatic heterocycles. The highest BCUT2D eigenvalue weighted by atomic mass is 16.5. The molecule has 2 rings (SSSR count). The fourth-order valence-corrected chi connectivity index (χ4v) is 3.06. The van der Waals surface area contributed by atoms with E-state index in [9.17, 15) is 14.7 Å². The van der Waals surface area contributed by atoms with Crippen LogP contribution >= 0.6 is 0 Å². The van der Waals surface area contributed by atoms with Crippen molar-refractivity contribution in [2.24, 2.45) is 5.41 Å². The van der Waals surface area contributed by atoms with Gasteiger partial charge >= 0.3 is 5.97 Å². The van der Waals surface area contributed by atoms with Crippen LogP contribution in [0.25, 0.3) is 0 Å². The van der Waals surface area contributed by atoms with Crippen LogP contribution in [0.1, 0.15) is 52.0 Å². The van der Waals surface area contributed by atoms with Crippen LogP contribution in [0.2, 0.25) is 0 Å². The lowest BCUT2D eigenvalue weighted by molar-refractivity contribution is -0.155. The largest absolute Gasteiger partial charge is 0.481 e. The summed E-state index contributed by atoms with van der Waals surface area (Å²) in [4.78, 5) is 25.7. The average Bonchev–Trinajstić information content (AvgIpc) is 2.54. The summed E-state index contributed by atoms with van der Waals surface area (Å²) in [7, 11) is 0. The molecule has 0 radical (unpaired) electrons. The van der Waals surface area contributed by atoms with Crippen molar-refractivity contribution in [2.75, 3.05) is 13.1 Å². The molecule has 1 heterocycles. The molecule has 24 heavy (non-hydrogen) atoms. The summed E-state index contributed by atoms with van der Waals surface area (Å²) in [6.07, 6.45) is 0.658. The number of hydrogen-bond acceptors (Lipinski definition) is 3. The Morgan fingerprint density at radius 3 is 2.62 bits per heavy atom. The van der Waals surface area contributed by atoms with Gasteiger partial charge in [-0.25, -0.2) is 0 Å². The maximum Gasteiger partial charge on any atom is 0.311 e. The quantitative estimate of drug-likeness (QED) is 0.898. The van der Waals surface area contributed by atoms with Crippen LogP contribution in [0.15, 0.2) is 24.3 Å². The lowest BCUT2D eigenvalue weighted by Gasteiger charge is -2.38. The number of rotatable bonds is 5. The summed E-state index contributed by atoms with van der Waals surface area (Å²) in [6.45, 7) is 8.45. The summed E-state index contributed by atoms with van der Waals surface area (Å²) in [5.41, 5.74) is 0.286. The van der Waals surface area contributed by atoms with Crippen LogP contribution in [-0.2, 0) is 9.59 Å². The van der Waals surface area contributed by atoms with Crippen molar-refractivity contribution in [3.8, 4) is 5.75 Å². The van der Waals surface area contributed by atoms with Crippen molar-refractivity contribution >= 4 is 11.9 Å². The predicted octanol–water partition coefficient (Wildman–Crippen LogP) is 3.29. The number of benzene rings is 1. The summed E-state index contributed by atoms with van der Waals surface area (Å²) in [6, 6.07) is 7.75. The molecule has 1 aromatic carbocycles. The minimum absolute atomic E-state index is 0.155. The van der Waals surface area contributed by atoms with E-state index in [-0.39, 0.29) is 12.5 Å². The highest BCUT2D eigenvalue weighted by molar-refractivity contribution is 5.82. The van der Waals surface area contributed by atoms with Gasteiger partial charge in [-0.15, -0.1) is 0 Å². The third kappa shape index (κ3) is 4.08. The number of carbonyl (C=O) groups is 2. The molecule has 1 aliphatic rings. The Hall–Kier alpha value is -2.04. The Morgan fingerprint density at radius 2 is 2.00 bits per heavy atom. The van der Waals surface area contributed by atoms with Gasteiger partial charge in [0.1, 0.15) is 5.75 Å². The van der Waals surface area contributed by atoms with Gasteiger partial charge in [-0.1, -0.05) is 26.0 Å². The van der Waals surface area contributed by atoms with Gasteiger partial charge in [0.25, 0.3) is 5.91 Å². The Kier molecular flexibility index (Phi) is 5.52. The van der Waals surface area contributed by atoms with Crippen LogP contribution in [0, 0.1) is 5.41 Å². The lowest BCUT2D eigenvalue weighted by atomic mass is 9.82. The van der Waals surface area contributed by atoms with Crippen molar-refractivity contribution in [3.05, 3.63) is 29.8 Å². The number of piperidine rings is 1. The fraction of sp³-hybridized carbons (Fsp3) is 0.579. The van der Waals surface area contributed by atoms with Crippen molar-refractivity contribution in [3.63, 3.8) is 0 Å². The topological polar surface area (TPSA) is 66.8 Å². The van der Waals surface area contributed by atoms with E-state index in [0.717, 1.165) is 5.56 Å². The monoisotopic (exact) mass is 333 g/mol. The van der Waals surface area contributed by atoms with Crippen LogP contribution in [0.5, 0.6) is 5.75 Å². The third-order valence-electron chi connectivity index (χ3n) is 4.71. The van der Waals surface area contributed by atoms with Crippen LogP contribution in [0.4, 0.5) is 0 Å². The molecule has 2 unspecified atom stereocenters. The van der Waals surface area contributed by atoms with E-state index in [1.165, 1.54) is 0 Å². The van der Waals surface area contributed by atoms with E-state index in [1.54, 1.807) is 18.7 Å². The second-order valence-electron chi connectivity index (χ2n) is 7.22. The smallest absolute Gasteiger partial charge is 0.311 e. The molecule has 5 heteroatoms. The normalized spacial score (nSPS) is 22.3. The first-order chi connectivity index (χ1) is 11.2. The molecule has 1 aromatic rings. The zero-order valence-electron chi connectivity index (χ0n) is 14.9. The molecular weight excluding hydrogens is 306 g/mol. The summed E-state index contributed by atoms with van der Waals surface area (Å²) < 4.78 is 5.81. The molecule has 1 fully saturated rings. The maximum atomic E-state index is 12.6. The van der Waals surface area contributed by atoms with Crippen molar-refractivity contribution in [1.82, 2.24) is 4.90 Å². The lowest BCUT2D eigenvalue weighted by Crippen LogP contribution is -2.51. The van der Waals surface area contributed by atoms with E-state index in [0.29, 0.717) is 31.1 Å². The number of carboxylic acids is 1. The first-order valence-electron chi connectivity index (χ1n) is 8.52. The van der Waals surface area contributed by atoms with Gasteiger partial charge in [-0.05, 0) is 50.3 Å². The fourth-order valence-electron chi connectivity index (χ4n) is 3.06. The molecule has 1 N–H and O–H groups in total. The van der Waals surface area contributed by atoms with E-state index in [4.69, 9.17) is 4.74 Å². The zero-order valence-corrected chi connectivity index (χ0v) is 14.9. The Bertz CT molecular complexity index is 613. The zero-order chi connectivity index (χ0) is 17.9. The summed E-state index contributed by atoms with van der Waals surface area (Å²) >= 11 is 0. The standard InChI is InChI=1S/C19H27NO4/c1-13(2)15-7-5-8-16(11-15)24-14(3)17(21)20-10-6-9-19(4,12-20)18(22)23/h5,7-8,11,13-14H,6,9-10,12H2,1-4H3,(H,22,23). The molecule has 2 atom stereocenters. The summed E-state index contributed by atoms with van der Waals surface area (Å²) in [5.74, 6) is 0.0494. The van der Waals surface area contributed by atoms with Crippen molar-refractivity contribution in [1.29, 1.82) is 0 Å². The number of likely N-dealkylation sites (tertiary alicyclic amines) is 1. The maximum absolute atomic E-state index is 12.6. The Balaban J connectivity index is 2.04. The molecule has 0 saturated carbocycles. The Morgan fingerprint density at radius 1 is 1.29 bits per heavy atom. The van der Waals surface area contributed by atoms with Gasteiger partial charge in [-0.3, -0.25) is 9.59 Å². The predicted molar refractivity (Wildman–Crippen MR) is 92.2 cm³/mol. The number of ether oxygens (including phenoxy) is 1. The number of aliphatic carboxylic acids is 1. The second kappa shape index (κ2) is 7.24. The van der Waals surface area contributed by atoms with Crippen LogP contribution in [0.3, 0.4) is 0 Å². The first-order valence-corrected chi connectivity index (χ1v) is 8.52. The number of carbonyl (C=O) groups excluding carboxylic acids is 1. The van der Waals surface area contributed by atoms with Gasteiger partial charge in [0, 0.05) is 13.1 Å². The van der Waals surface area contributed by atoms with E-state index >= 15 is 0 Å². The molecule has 1 aliphatic heterocycles. The van der Waals surface area contributed by atoms with Crippen LogP contribution in [-0.4, -0.2) is 41.1 Å². The van der Waals surface area contributed by atoms with Gasteiger partial charge in [0.2, 0.25) is 0 Å². The van der Waals surface area contributed by atoms with Gasteiger partial charge in [0.15, 0.2) is 6.10 Å². The van der Waals surface area contributed by atoms with Crippen molar-refractivity contribution < 1.29 is 19.4 Å². The molecule has 1 amide bonds. The SMILES string of the molecule is CC(Oc1cccc(C(C)C)c1)C(=O)N1CCCC(C)(C(=O)O)C1. The second-order valence-corrected chi connectivity index (χ2v) is 7.22. The molecule has 132 valence electrons. The molecule has 1 saturated heterocycles. The number of nitrogens with zero attached hydrogens (tertiary/aromatic N) is 1. The van der Waals surface area contributed by atoms with Crippen LogP contribution < -0.4 is 4.74 Å². The average molecular weight is 333 g/mol. The molecule has 0 spiro atoms. The summed E-state index contributed by atoms with van der Waals surface area (Å²) in [5, 5.41) is 9.38. The minimum atomic E-state index is -0.870. The van der Waals surface area contributed by atoms with Gasteiger partial charge in [-0.2, -0.15) is 0 Å². The third-order valence-corrected chi connectivity index (χ3v) is 4.71. The number of carboxylic acid groups (broad SMARTS) is 1. The van der Waals surface area contributed by atoms with Crippen molar-refractivity contribution in [2.45, 2.75) is 52.6 Å². The van der Waals surface area contributed by atoms with E-state index < -0.39 is 17.5 Å². The van der Waals surface area contributed by atoms with E-state index in [1.807, 2.05) is 24.3 Å². The number of amides is 1. The van der Waals surface area contributed by atoms with Gasteiger partial charge in [0.05, 0.1) is 5.41 Å². The number of hydrogen-bond donors (Lipinski definition) is 1. The molecule has 0 aliphatic carbocycles. The Labute approximate surface area is 143 Å². The highest BCUT2D eigenvalue weighted by Crippen LogP contribution is 2.30. The van der Waals surface area contributed by atoms with Gasteiger partial charge < -0.3 is 14.7 Å². The molecular formula is C19H27NO4. The van der Waals surface area contributed by atoms with E-state index in [2.05, 4.69) is 13.8 Å². The molecule has 0 bridgehead atoms. The first kappa shape index (κ1) is 18.3. The highest BCUT2D eigenvalue weighted by Gasteiger charge is 2.40. The molecule has 5 nitrogen and oxygen atoms in total. The minimum Gasteiger partial charge on any atom is -0.481 e.